The topological polar surface area (TPSA) is 66.2 Å². The summed E-state index contributed by atoms with van der Waals surface area (Å²) in [7, 11) is 0. The van der Waals surface area contributed by atoms with Gasteiger partial charge in [-0.05, 0) is 87.2 Å². The Morgan fingerprint density at radius 3 is 2.62 bits per heavy atom. The lowest BCUT2D eigenvalue weighted by atomic mass is 9.85. The molecule has 8 nitrogen and oxygen atoms in total. The summed E-state index contributed by atoms with van der Waals surface area (Å²) in [6, 6.07) is 9.36. The van der Waals surface area contributed by atoms with Crippen LogP contribution in [0.3, 0.4) is 0 Å². The van der Waals surface area contributed by atoms with Crippen LogP contribution >= 0.6 is 0 Å². The van der Waals surface area contributed by atoms with E-state index in [-0.39, 0.29) is 36.7 Å². The lowest BCUT2D eigenvalue weighted by molar-refractivity contribution is -0.131. The number of ether oxygens (including phenoxy) is 1. The number of fused-ring (bicyclic) bond motifs is 3. The van der Waals surface area contributed by atoms with Crippen molar-refractivity contribution in [2.75, 3.05) is 50.8 Å². The molecule has 4 heterocycles. The monoisotopic (exact) mass is 612 g/mol. The molecule has 0 unspecified atom stereocenters. The molecule has 3 aliphatic heterocycles. The Kier molecular flexibility index (Phi) is 7.90. The van der Waals surface area contributed by atoms with E-state index < -0.39 is 23.6 Å². The maximum Gasteiger partial charge on any atom is 0.319 e. The first-order valence-corrected chi connectivity index (χ1v) is 16.1. The van der Waals surface area contributed by atoms with Gasteiger partial charge in [0.25, 0.3) is 5.91 Å². The smallest absolute Gasteiger partial charge is 0.319 e. The van der Waals surface area contributed by atoms with Crippen LogP contribution in [0.25, 0.3) is 26.9 Å². The Bertz CT molecular complexity index is 1690. The average molecular weight is 613 g/mol. The van der Waals surface area contributed by atoms with Crippen LogP contribution in [0.2, 0.25) is 0 Å². The van der Waals surface area contributed by atoms with E-state index in [0.29, 0.717) is 29.9 Å². The fourth-order valence-corrected chi connectivity index (χ4v) is 8.07. The molecule has 0 bridgehead atoms. The second kappa shape index (κ2) is 12.0. The molecule has 1 atom stereocenters. The Morgan fingerprint density at radius 1 is 1.04 bits per heavy atom. The van der Waals surface area contributed by atoms with E-state index in [4.69, 9.17) is 21.3 Å². The Balaban J connectivity index is 1.30. The zero-order valence-electron chi connectivity index (χ0n) is 25.5. The van der Waals surface area contributed by atoms with Gasteiger partial charge in [0.05, 0.1) is 5.54 Å². The number of benzene rings is 2. The van der Waals surface area contributed by atoms with E-state index in [1.54, 1.807) is 0 Å². The molecule has 1 aromatic heterocycles. The number of carbonyl (C=O) groups is 1. The van der Waals surface area contributed by atoms with E-state index in [9.17, 15) is 9.18 Å². The second-order valence-electron chi connectivity index (χ2n) is 12.9. The van der Waals surface area contributed by atoms with Gasteiger partial charge >= 0.3 is 6.01 Å². The predicted octanol–water partition coefficient (Wildman–Crippen LogP) is 5.74. The maximum absolute atomic E-state index is 16.7. The number of aromatic nitrogens is 2. The standard InChI is InChI=1S/C35H38F2N6O2/c1-23(36)33(44)43-19-18-41(21-25(43)20-38-2)32-29-13-12-28(27-11-5-9-24-8-3-4-10-26(24)27)30(37)31(29)39-34(40-32)45-22-35-14-6-16-42(35)17-7-15-35/h5,9,11-13,25H,1,3-4,6-8,10,14-22H2/t25-/m0/s1. The number of halogens is 2. The molecule has 7 rings (SSSR count). The fraction of sp³-hybridized carbons (Fsp3) is 0.486. The molecule has 4 aliphatic rings. The van der Waals surface area contributed by atoms with Crippen LogP contribution in [0.4, 0.5) is 14.6 Å². The van der Waals surface area contributed by atoms with E-state index in [2.05, 4.69) is 22.4 Å². The van der Waals surface area contributed by atoms with Gasteiger partial charge in [-0.25, -0.2) is 15.4 Å². The van der Waals surface area contributed by atoms with Gasteiger partial charge in [0, 0.05) is 30.6 Å². The van der Waals surface area contributed by atoms with Crippen molar-refractivity contribution in [2.24, 2.45) is 0 Å². The minimum Gasteiger partial charge on any atom is -0.461 e. The molecular formula is C35H38F2N6O2. The van der Waals surface area contributed by atoms with Crippen molar-refractivity contribution in [1.82, 2.24) is 19.8 Å². The number of amides is 1. The van der Waals surface area contributed by atoms with Gasteiger partial charge < -0.3 is 19.4 Å². The summed E-state index contributed by atoms with van der Waals surface area (Å²) < 4.78 is 37.0. The summed E-state index contributed by atoms with van der Waals surface area (Å²) in [6.07, 6.45) is 8.50. The highest BCUT2D eigenvalue weighted by Crippen LogP contribution is 2.40. The molecule has 3 aromatic rings. The van der Waals surface area contributed by atoms with Crippen LogP contribution in [0.5, 0.6) is 6.01 Å². The maximum atomic E-state index is 16.7. The third kappa shape index (κ3) is 5.31. The number of aryl methyl sites for hydroxylation is 1. The third-order valence-electron chi connectivity index (χ3n) is 10.3. The third-order valence-corrected chi connectivity index (χ3v) is 10.3. The number of hydrogen-bond acceptors (Lipinski definition) is 6. The number of hydrogen-bond donors (Lipinski definition) is 0. The summed E-state index contributed by atoms with van der Waals surface area (Å²) in [4.78, 5) is 31.4. The van der Waals surface area contributed by atoms with Crippen molar-refractivity contribution in [2.45, 2.75) is 62.9 Å². The molecule has 0 spiro atoms. The Hall–Kier alpha value is -4.10. The van der Waals surface area contributed by atoms with Gasteiger partial charge in [0.15, 0.2) is 11.6 Å². The van der Waals surface area contributed by atoms with Crippen LogP contribution in [0, 0.1) is 12.4 Å². The van der Waals surface area contributed by atoms with Crippen LogP contribution < -0.4 is 9.64 Å². The van der Waals surface area contributed by atoms with Gasteiger partial charge in [-0.2, -0.15) is 9.97 Å². The molecule has 0 saturated carbocycles. The number of piperazine rings is 1. The lowest BCUT2D eigenvalue weighted by Gasteiger charge is -2.39. The fourth-order valence-electron chi connectivity index (χ4n) is 8.07. The van der Waals surface area contributed by atoms with E-state index in [1.807, 2.05) is 29.2 Å². The van der Waals surface area contributed by atoms with Crippen molar-refractivity contribution < 1.29 is 18.3 Å². The molecule has 0 radical (unpaired) electrons. The number of rotatable bonds is 7. The summed E-state index contributed by atoms with van der Waals surface area (Å²) in [6.45, 7) is 13.9. The largest absolute Gasteiger partial charge is 0.461 e. The highest BCUT2D eigenvalue weighted by molar-refractivity contribution is 5.94. The molecule has 0 N–H and O–H groups in total. The van der Waals surface area contributed by atoms with E-state index in [1.165, 1.54) is 16.0 Å². The average Bonchev–Trinajstić information content (AvgIpc) is 3.64. The molecule has 234 valence electrons. The summed E-state index contributed by atoms with van der Waals surface area (Å²) in [5.74, 6) is -1.78. The van der Waals surface area contributed by atoms with Gasteiger partial charge in [-0.1, -0.05) is 30.8 Å². The van der Waals surface area contributed by atoms with Gasteiger partial charge in [0.2, 0.25) is 6.54 Å². The first-order valence-electron chi connectivity index (χ1n) is 16.1. The first kappa shape index (κ1) is 29.6. The minimum absolute atomic E-state index is 0.00211. The Morgan fingerprint density at radius 2 is 1.84 bits per heavy atom. The van der Waals surface area contributed by atoms with Crippen molar-refractivity contribution in [3.05, 3.63) is 71.1 Å². The predicted molar refractivity (Wildman–Crippen MR) is 169 cm³/mol. The highest BCUT2D eigenvalue weighted by Gasteiger charge is 2.45. The van der Waals surface area contributed by atoms with Crippen molar-refractivity contribution in [1.29, 1.82) is 0 Å². The molecule has 3 fully saturated rings. The quantitative estimate of drug-likeness (QED) is 0.251. The van der Waals surface area contributed by atoms with Gasteiger partial charge in [-0.15, -0.1) is 0 Å². The summed E-state index contributed by atoms with van der Waals surface area (Å²) >= 11 is 0. The van der Waals surface area contributed by atoms with Crippen molar-refractivity contribution in [3.63, 3.8) is 0 Å². The zero-order chi connectivity index (χ0) is 31.1. The molecule has 3 saturated heterocycles. The SMILES string of the molecule is [C-]#[N+]C[C@H]1CN(c2nc(OCC34CCCN3CCC4)nc3c(F)c(-c4cccc5c4CCCC5)ccc23)CCN1C(=O)C(=C)F. The molecule has 2 aromatic carbocycles. The van der Waals surface area contributed by atoms with Gasteiger partial charge in [-0.3, -0.25) is 9.69 Å². The minimum atomic E-state index is -1.05. The first-order chi connectivity index (χ1) is 21.9. The van der Waals surface area contributed by atoms with Crippen molar-refractivity contribution in [3.8, 4) is 17.1 Å². The molecular weight excluding hydrogens is 574 g/mol. The van der Waals surface area contributed by atoms with Crippen LogP contribution in [-0.2, 0) is 17.6 Å². The Labute approximate surface area is 262 Å². The zero-order valence-corrected chi connectivity index (χ0v) is 25.5. The highest BCUT2D eigenvalue weighted by atomic mass is 19.1. The van der Waals surface area contributed by atoms with Crippen molar-refractivity contribution >= 4 is 22.6 Å². The van der Waals surface area contributed by atoms with E-state index >= 15 is 4.39 Å². The van der Waals surface area contributed by atoms with E-state index in [0.717, 1.165) is 70.0 Å². The normalized spacial score (nSPS) is 21.0. The molecule has 1 aliphatic carbocycles. The lowest BCUT2D eigenvalue weighted by Crippen LogP contribution is -2.56. The molecule has 1 amide bonds. The molecule has 45 heavy (non-hydrogen) atoms. The summed E-state index contributed by atoms with van der Waals surface area (Å²) in [5, 5.41) is 0.533. The number of anilines is 1. The summed E-state index contributed by atoms with van der Waals surface area (Å²) in [5.41, 5.74) is 4.03. The number of nitrogens with zero attached hydrogens (tertiary/aromatic N) is 6. The van der Waals surface area contributed by atoms with Crippen LogP contribution in [-0.4, -0.2) is 83.1 Å². The van der Waals surface area contributed by atoms with Crippen LogP contribution in [0.1, 0.15) is 49.7 Å². The second-order valence-corrected chi connectivity index (χ2v) is 12.9. The molecule has 10 heteroatoms. The van der Waals surface area contributed by atoms with Gasteiger partial charge in [0.1, 0.15) is 24.0 Å². The number of carbonyl (C=O) groups excluding carboxylic acids is 1. The van der Waals surface area contributed by atoms with Crippen LogP contribution in [0.15, 0.2) is 42.7 Å².